The maximum atomic E-state index is 6.38. The summed E-state index contributed by atoms with van der Waals surface area (Å²) in [4.78, 5) is 2.76. The van der Waals surface area contributed by atoms with Crippen molar-refractivity contribution in [2.75, 3.05) is 39.3 Å². The van der Waals surface area contributed by atoms with Crippen LogP contribution in [0.25, 0.3) is 0 Å². The van der Waals surface area contributed by atoms with Crippen LogP contribution in [0.15, 0.2) is 0 Å². The maximum Gasteiger partial charge on any atom is 0.0336 e. The van der Waals surface area contributed by atoms with Crippen LogP contribution in [0.2, 0.25) is 0 Å². The molecule has 1 unspecified atom stereocenters. The van der Waals surface area contributed by atoms with Crippen LogP contribution >= 0.6 is 11.6 Å². The summed E-state index contributed by atoms with van der Waals surface area (Å²) in [6, 6.07) is 0.605. The Balaban J connectivity index is 1.36. The van der Waals surface area contributed by atoms with Gasteiger partial charge in [-0.3, -0.25) is 0 Å². The maximum absolute atomic E-state index is 6.38. The van der Waals surface area contributed by atoms with Gasteiger partial charge in [0.25, 0.3) is 0 Å². The molecule has 1 aliphatic heterocycles. The third-order valence-corrected chi connectivity index (χ3v) is 9.20. The van der Waals surface area contributed by atoms with Crippen LogP contribution in [0.1, 0.15) is 91.9 Å². The summed E-state index contributed by atoms with van der Waals surface area (Å²) in [6.45, 7) is 17.1. The summed E-state index contributed by atoms with van der Waals surface area (Å²) in [5, 5.41) is 8.05. The minimum absolute atomic E-state index is 0.424. The summed E-state index contributed by atoms with van der Waals surface area (Å²) >= 11 is 6.38. The standard InChI is InChI=1S/C27H52ClN3/c1-21(2)26(30-16-7-15-29-18-22-8-5-6-9-22)19-31-17-14-25(27(3,4)20-31)23-10-12-24(28)13-11-23/h21-26,29-30H,5-20H2,1-4H3/t23?,24?,25?,26-/m0/s1. The van der Waals surface area contributed by atoms with Crippen molar-refractivity contribution in [2.45, 2.75) is 103 Å². The van der Waals surface area contributed by atoms with E-state index in [4.69, 9.17) is 11.6 Å². The number of likely N-dealkylation sites (tertiary alicyclic amines) is 1. The zero-order valence-electron chi connectivity index (χ0n) is 21.1. The number of rotatable bonds is 11. The van der Waals surface area contributed by atoms with Crippen molar-refractivity contribution >= 4 is 11.6 Å². The van der Waals surface area contributed by atoms with Crippen molar-refractivity contribution in [1.82, 2.24) is 15.5 Å². The Hall–Kier alpha value is 0.170. The van der Waals surface area contributed by atoms with Gasteiger partial charge in [-0.25, -0.2) is 0 Å². The third kappa shape index (κ3) is 8.16. The average Bonchev–Trinajstić information content (AvgIpc) is 3.23. The Labute approximate surface area is 198 Å². The minimum atomic E-state index is 0.424. The van der Waals surface area contributed by atoms with Crippen LogP contribution < -0.4 is 10.6 Å². The highest BCUT2D eigenvalue weighted by Crippen LogP contribution is 2.45. The fourth-order valence-corrected chi connectivity index (χ4v) is 7.06. The molecule has 2 aliphatic carbocycles. The van der Waals surface area contributed by atoms with E-state index in [9.17, 15) is 0 Å². The summed E-state index contributed by atoms with van der Waals surface area (Å²) in [5.74, 6) is 3.42. The number of hydrogen-bond acceptors (Lipinski definition) is 3. The van der Waals surface area contributed by atoms with E-state index < -0.39 is 0 Å². The molecule has 1 saturated heterocycles. The normalized spacial score (nSPS) is 31.4. The van der Waals surface area contributed by atoms with Crippen molar-refractivity contribution in [3.63, 3.8) is 0 Å². The first-order valence-corrected chi connectivity index (χ1v) is 14.1. The van der Waals surface area contributed by atoms with Gasteiger partial charge in [-0.2, -0.15) is 0 Å². The van der Waals surface area contributed by atoms with Gasteiger partial charge in [-0.15, -0.1) is 11.6 Å². The van der Waals surface area contributed by atoms with Gasteiger partial charge in [0, 0.05) is 24.5 Å². The average molecular weight is 454 g/mol. The SMILES string of the molecule is CC(C)[C@H](CN1CCC(C2CCC(Cl)CC2)C(C)(C)C1)NCCCNCC1CCCC1. The first-order valence-electron chi connectivity index (χ1n) is 13.7. The second-order valence-corrected chi connectivity index (χ2v) is 12.8. The molecule has 0 aromatic heterocycles. The Kier molecular flexibility index (Phi) is 10.5. The highest BCUT2D eigenvalue weighted by Gasteiger charge is 2.41. The van der Waals surface area contributed by atoms with Crippen molar-refractivity contribution < 1.29 is 0 Å². The lowest BCUT2D eigenvalue weighted by molar-refractivity contribution is 0.00486. The predicted molar refractivity (Wildman–Crippen MR) is 136 cm³/mol. The highest BCUT2D eigenvalue weighted by molar-refractivity contribution is 6.20. The molecule has 0 aromatic rings. The molecule has 3 rings (SSSR count). The molecule has 3 nitrogen and oxygen atoms in total. The second kappa shape index (κ2) is 12.6. The van der Waals surface area contributed by atoms with Crippen LogP contribution in [-0.4, -0.2) is 55.6 Å². The van der Waals surface area contributed by atoms with Gasteiger partial charge in [0.2, 0.25) is 0 Å². The van der Waals surface area contributed by atoms with Gasteiger partial charge >= 0.3 is 0 Å². The van der Waals surface area contributed by atoms with Crippen LogP contribution in [0, 0.1) is 29.1 Å². The number of hydrogen-bond donors (Lipinski definition) is 2. The van der Waals surface area contributed by atoms with Crippen molar-refractivity contribution in [3.8, 4) is 0 Å². The first kappa shape index (κ1) is 25.8. The van der Waals surface area contributed by atoms with Crippen molar-refractivity contribution in [2.24, 2.45) is 29.1 Å². The molecule has 3 fully saturated rings. The molecule has 31 heavy (non-hydrogen) atoms. The van der Waals surface area contributed by atoms with E-state index in [2.05, 4.69) is 43.2 Å². The van der Waals surface area contributed by atoms with Crippen molar-refractivity contribution in [3.05, 3.63) is 0 Å². The zero-order valence-corrected chi connectivity index (χ0v) is 21.9. The lowest BCUT2D eigenvalue weighted by Gasteiger charge is -2.49. The molecule has 0 amide bonds. The Morgan fingerprint density at radius 3 is 2.32 bits per heavy atom. The molecule has 0 radical (unpaired) electrons. The van der Waals surface area contributed by atoms with Crippen LogP contribution in [-0.2, 0) is 0 Å². The second-order valence-electron chi connectivity index (χ2n) is 12.1. The highest BCUT2D eigenvalue weighted by atomic mass is 35.5. The van der Waals surface area contributed by atoms with Gasteiger partial charge in [0.05, 0.1) is 0 Å². The fourth-order valence-electron chi connectivity index (χ4n) is 6.81. The predicted octanol–water partition coefficient (Wildman–Crippen LogP) is 5.92. The number of nitrogens with zero attached hydrogens (tertiary/aromatic N) is 1. The molecule has 2 atom stereocenters. The first-order chi connectivity index (χ1) is 14.8. The number of alkyl halides is 1. The van der Waals surface area contributed by atoms with Crippen LogP contribution in [0.3, 0.4) is 0 Å². The largest absolute Gasteiger partial charge is 0.316 e. The molecule has 1 heterocycles. The lowest BCUT2D eigenvalue weighted by Crippen LogP contribution is -2.53. The molecule has 0 aromatic carbocycles. The van der Waals surface area contributed by atoms with E-state index in [1.807, 2.05) is 0 Å². The Morgan fingerprint density at radius 1 is 0.968 bits per heavy atom. The third-order valence-electron chi connectivity index (χ3n) is 8.77. The van der Waals surface area contributed by atoms with Gasteiger partial charge in [-0.1, -0.05) is 40.5 Å². The van der Waals surface area contributed by atoms with Gasteiger partial charge < -0.3 is 15.5 Å². The molecule has 2 N–H and O–H groups in total. The molecule has 2 saturated carbocycles. The van der Waals surface area contributed by atoms with Gasteiger partial charge in [-0.05, 0) is 107 Å². The topological polar surface area (TPSA) is 27.3 Å². The van der Waals surface area contributed by atoms with Gasteiger partial charge in [0.15, 0.2) is 0 Å². The quantitative estimate of drug-likeness (QED) is 0.300. The summed E-state index contributed by atoms with van der Waals surface area (Å²) in [7, 11) is 0. The monoisotopic (exact) mass is 453 g/mol. The molecular weight excluding hydrogens is 402 g/mol. The van der Waals surface area contributed by atoms with E-state index >= 15 is 0 Å². The van der Waals surface area contributed by atoms with Crippen molar-refractivity contribution in [1.29, 1.82) is 0 Å². The van der Waals surface area contributed by atoms with Gasteiger partial charge in [0.1, 0.15) is 0 Å². The molecule has 0 bridgehead atoms. The molecule has 4 heteroatoms. The number of halogens is 1. The summed E-state index contributed by atoms with van der Waals surface area (Å²) in [5.41, 5.74) is 0.424. The minimum Gasteiger partial charge on any atom is -0.316 e. The zero-order chi connectivity index (χ0) is 22.3. The van der Waals surface area contributed by atoms with Crippen LogP contribution in [0.5, 0.6) is 0 Å². The summed E-state index contributed by atoms with van der Waals surface area (Å²) < 4.78 is 0. The lowest BCUT2D eigenvalue weighted by atomic mass is 9.64. The fraction of sp³-hybridized carbons (Fsp3) is 1.00. The Morgan fingerprint density at radius 2 is 1.68 bits per heavy atom. The number of nitrogens with one attached hydrogen (secondary N) is 2. The van der Waals surface area contributed by atoms with Crippen LogP contribution in [0.4, 0.5) is 0 Å². The van der Waals surface area contributed by atoms with E-state index in [1.165, 1.54) is 90.4 Å². The Bertz CT molecular complexity index is 495. The van der Waals surface area contributed by atoms with E-state index in [1.54, 1.807) is 0 Å². The molecule has 182 valence electrons. The molecular formula is C27H52ClN3. The smallest absolute Gasteiger partial charge is 0.0336 e. The molecule has 3 aliphatic rings. The molecule has 0 spiro atoms. The van der Waals surface area contributed by atoms with E-state index in [0.717, 1.165) is 30.8 Å². The van der Waals surface area contributed by atoms with E-state index in [0.29, 0.717) is 22.8 Å². The van der Waals surface area contributed by atoms with E-state index in [-0.39, 0.29) is 0 Å². The summed E-state index contributed by atoms with van der Waals surface area (Å²) in [6.07, 6.45) is 13.6. The number of piperidine rings is 1.